The maximum Gasteiger partial charge on any atom is 0.357 e. The summed E-state index contributed by atoms with van der Waals surface area (Å²) in [6.45, 7) is 3.64. The number of aromatic nitrogens is 5. The van der Waals surface area contributed by atoms with Gasteiger partial charge in [-0.3, -0.25) is 4.79 Å². The second-order valence-corrected chi connectivity index (χ2v) is 8.42. The third-order valence-corrected chi connectivity index (χ3v) is 5.66. The van der Waals surface area contributed by atoms with Gasteiger partial charge in [-0.2, -0.15) is 4.68 Å². The quantitative estimate of drug-likeness (QED) is 0.306. The summed E-state index contributed by atoms with van der Waals surface area (Å²) in [6, 6.07) is 16.9. The van der Waals surface area contributed by atoms with Crippen LogP contribution in [0, 0.1) is 13.8 Å². The lowest BCUT2D eigenvalue weighted by atomic mass is 10.2. The summed E-state index contributed by atoms with van der Waals surface area (Å²) < 4.78 is 6.82. The molecule has 1 N–H and O–H groups in total. The number of nitrogens with zero attached hydrogens (tertiary/aromatic N) is 5. The van der Waals surface area contributed by atoms with Gasteiger partial charge in [-0.15, -0.1) is 16.4 Å². The van der Waals surface area contributed by atoms with E-state index in [0.29, 0.717) is 16.5 Å². The molecule has 10 heteroatoms. The van der Waals surface area contributed by atoms with Crippen LogP contribution in [0.25, 0.3) is 11.8 Å². The number of anilines is 1. The summed E-state index contributed by atoms with van der Waals surface area (Å²) in [4.78, 5) is 29.6. The molecule has 0 saturated carbocycles. The van der Waals surface area contributed by atoms with Crippen LogP contribution in [0.15, 0.2) is 60.0 Å². The standard InChI is InChI=1S/C24H22N6O3S/c1-16-8-10-19(11-9-16)25-22(31)13-23-26-20(15-34-23)14-33-24(32)21(30-17(2)27-28-29-30)12-18-6-4-3-5-7-18/h3-12,15H,13-14H2,1-2H3,(H,25,31)/b21-12-. The monoisotopic (exact) mass is 474 g/mol. The second-order valence-electron chi connectivity index (χ2n) is 7.48. The van der Waals surface area contributed by atoms with Crippen molar-refractivity contribution in [2.75, 3.05) is 5.32 Å². The highest BCUT2D eigenvalue weighted by molar-refractivity contribution is 7.09. The molecule has 34 heavy (non-hydrogen) atoms. The lowest BCUT2D eigenvalue weighted by Crippen LogP contribution is -2.15. The highest BCUT2D eigenvalue weighted by Gasteiger charge is 2.18. The van der Waals surface area contributed by atoms with Crippen LogP contribution in [0.2, 0.25) is 0 Å². The molecule has 9 nitrogen and oxygen atoms in total. The molecule has 4 rings (SSSR count). The summed E-state index contributed by atoms with van der Waals surface area (Å²) >= 11 is 1.34. The lowest BCUT2D eigenvalue weighted by Gasteiger charge is -2.08. The number of hydrogen-bond donors (Lipinski definition) is 1. The Morgan fingerprint density at radius 2 is 1.85 bits per heavy atom. The van der Waals surface area contributed by atoms with Crippen LogP contribution in [0.5, 0.6) is 0 Å². The molecule has 0 unspecified atom stereocenters. The molecule has 0 spiro atoms. The Hall–Kier alpha value is -4.18. The summed E-state index contributed by atoms with van der Waals surface area (Å²) in [5.74, 6) is -0.301. The Morgan fingerprint density at radius 3 is 2.56 bits per heavy atom. The predicted molar refractivity (Wildman–Crippen MR) is 129 cm³/mol. The summed E-state index contributed by atoms with van der Waals surface area (Å²) in [5.41, 5.74) is 3.40. The number of amides is 1. The van der Waals surface area contributed by atoms with Crippen LogP contribution in [-0.4, -0.2) is 37.1 Å². The molecule has 2 heterocycles. The predicted octanol–water partition coefficient (Wildman–Crippen LogP) is 3.67. The average Bonchev–Trinajstić information content (AvgIpc) is 3.46. The van der Waals surface area contributed by atoms with E-state index in [1.165, 1.54) is 16.0 Å². The maximum atomic E-state index is 12.9. The van der Waals surface area contributed by atoms with E-state index in [1.54, 1.807) is 18.4 Å². The highest BCUT2D eigenvalue weighted by Crippen LogP contribution is 2.17. The molecule has 0 saturated heterocycles. The smallest absolute Gasteiger partial charge is 0.357 e. The molecule has 4 aromatic rings. The number of carbonyl (C=O) groups excluding carboxylic acids is 2. The van der Waals surface area contributed by atoms with Crippen molar-refractivity contribution in [3.05, 3.63) is 87.6 Å². The van der Waals surface area contributed by atoms with Crippen molar-refractivity contribution in [2.24, 2.45) is 0 Å². The minimum Gasteiger partial charge on any atom is -0.454 e. The van der Waals surface area contributed by atoms with Gasteiger partial charge in [0.15, 0.2) is 11.5 Å². The summed E-state index contributed by atoms with van der Waals surface area (Å²) in [7, 11) is 0. The minimum absolute atomic E-state index is 0.0395. The zero-order chi connectivity index (χ0) is 23.9. The SMILES string of the molecule is Cc1ccc(NC(=O)Cc2nc(COC(=O)/C(=C/c3ccccc3)n3nnnc3C)cs2)cc1. The molecule has 172 valence electrons. The Morgan fingerprint density at radius 1 is 1.09 bits per heavy atom. The molecule has 0 atom stereocenters. The molecule has 2 aromatic heterocycles. The normalized spacial score (nSPS) is 11.3. The first-order valence-corrected chi connectivity index (χ1v) is 11.3. The number of carbonyl (C=O) groups is 2. The number of nitrogens with one attached hydrogen (secondary N) is 1. The van der Waals surface area contributed by atoms with Gasteiger partial charge in [0.05, 0.1) is 12.1 Å². The largest absolute Gasteiger partial charge is 0.454 e. The van der Waals surface area contributed by atoms with Gasteiger partial charge in [0.2, 0.25) is 5.91 Å². The fourth-order valence-corrected chi connectivity index (χ4v) is 3.83. The van der Waals surface area contributed by atoms with Crippen LogP contribution in [0.4, 0.5) is 5.69 Å². The van der Waals surface area contributed by atoms with Gasteiger partial charge in [-0.1, -0.05) is 48.0 Å². The Balaban J connectivity index is 1.39. The average molecular weight is 475 g/mol. The molecule has 0 aliphatic heterocycles. The summed E-state index contributed by atoms with van der Waals surface area (Å²) in [6.07, 6.45) is 1.79. The van der Waals surface area contributed by atoms with E-state index >= 15 is 0 Å². The van der Waals surface area contributed by atoms with Crippen molar-refractivity contribution < 1.29 is 14.3 Å². The fraction of sp³-hybridized carbons (Fsp3) is 0.167. The highest BCUT2D eigenvalue weighted by atomic mass is 32.1. The molecule has 2 aromatic carbocycles. The number of thiazole rings is 1. The van der Waals surface area contributed by atoms with Gasteiger partial charge in [0.1, 0.15) is 11.6 Å². The molecule has 0 radical (unpaired) electrons. The van der Waals surface area contributed by atoms with E-state index in [1.807, 2.05) is 61.5 Å². The third-order valence-electron chi connectivity index (χ3n) is 4.76. The van der Waals surface area contributed by atoms with E-state index < -0.39 is 5.97 Å². The number of benzene rings is 2. The molecule has 0 bridgehead atoms. The van der Waals surface area contributed by atoms with Crippen molar-refractivity contribution in [2.45, 2.75) is 26.9 Å². The van der Waals surface area contributed by atoms with Crippen molar-refractivity contribution in [3.8, 4) is 0 Å². The van der Waals surface area contributed by atoms with Crippen LogP contribution in [-0.2, 0) is 27.4 Å². The lowest BCUT2D eigenvalue weighted by molar-refractivity contribution is -0.138. The molecule has 0 aliphatic rings. The van der Waals surface area contributed by atoms with Crippen LogP contribution in [0.1, 0.15) is 27.7 Å². The second kappa shape index (κ2) is 10.6. The first kappa shape index (κ1) is 23.0. The van der Waals surface area contributed by atoms with Gasteiger partial charge in [-0.05, 0) is 48.0 Å². The Kier molecular flexibility index (Phi) is 7.19. The van der Waals surface area contributed by atoms with Crippen molar-refractivity contribution in [3.63, 3.8) is 0 Å². The Labute approximate surface area is 200 Å². The Bertz CT molecular complexity index is 1310. The molecular formula is C24H22N6O3S. The third kappa shape index (κ3) is 5.99. The number of rotatable bonds is 8. The zero-order valence-electron chi connectivity index (χ0n) is 18.6. The minimum atomic E-state index is -0.592. The number of hydrogen-bond acceptors (Lipinski definition) is 8. The number of tetrazole rings is 1. The topological polar surface area (TPSA) is 112 Å². The van der Waals surface area contributed by atoms with Crippen LogP contribution >= 0.6 is 11.3 Å². The van der Waals surface area contributed by atoms with E-state index in [4.69, 9.17) is 4.74 Å². The number of ether oxygens (including phenoxy) is 1. The van der Waals surface area contributed by atoms with Crippen molar-refractivity contribution in [1.29, 1.82) is 0 Å². The van der Waals surface area contributed by atoms with Gasteiger partial charge >= 0.3 is 5.97 Å². The fourth-order valence-electron chi connectivity index (χ4n) is 3.06. The van der Waals surface area contributed by atoms with Crippen molar-refractivity contribution in [1.82, 2.24) is 25.2 Å². The van der Waals surface area contributed by atoms with E-state index in [2.05, 4.69) is 25.8 Å². The van der Waals surface area contributed by atoms with E-state index in [-0.39, 0.29) is 24.6 Å². The molecular weight excluding hydrogens is 452 g/mol. The summed E-state index contributed by atoms with van der Waals surface area (Å²) in [5, 5.41) is 16.6. The van der Waals surface area contributed by atoms with E-state index in [9.17, 15) is 9.59 Å². The first-order chi connectivity index (χ1) is 16.5. The van der Waals surface area contributed by atoms with E-state index in [0.717, 1.165) is 16.8 Å². The van der Waals surface area contributed by atoms with Gasteiger partial charge in [0.25, 0.3) is 0 Å². The molecule has 1 amide bonds. The first-order valence-electron chi connectivity index (χ1n) is 10.5. The van der Waals surface area contributed by atoms with Crippen LogP contribution < -0.4 is 5.32 Å². The number of esters is 1. The maximum absolute atomic E-state index is 12.9. The molecule has 0 fully saturated rings. The van der Waals surface area contributed by atoms with Crippen molar-refractivity contribution >= 4 is 40.7 Å². The van der Waals surface area contributed by atoms with Crippen LogP contribution in [0.3, 0.4) is 0 Å². The number of aryl methyl sites for hydroxylation is 2. The van der Waals surface area contributed by atoms with Gasteiger partial charge in [0, 0.05) is 11.1 Å². The van der Waals surface area contributed by atoms with Gasteiger partial charge in [-0.25, -0.2) is 9.78 Å². The zero-order valence-corrected chi connectivity index (χ0v) is 19.5. The van der Waals surface area contributed by atoms with Gasteiger partial charge < -0.3 is 10.1 Å². The molecule has 0 aliphatic carbocycles.